The van der Waals surface area contributed by atoms with Crippen LogP contribution in [0.5, 0.6) is 0 Å². The molecule has 6 heteroatoms. The number of thiophene rings is 1. The van der Waals surface area contributed by atoms with Crippen molar-refractivity contribution in [2.75, 3.05) is 0 Å². The highest BCUT2D eigenvalue weighted by molar-refractivity contribution is 7.26. The SMILES string of the molecule is N#Cc1cc(-c2cccc(-n3c4cnccc4c4c5c(ccc43)sc3ccccc35)c2)cc(-n2c3ccccc3c3cc(C#N)ccc32)c1. The van der Waals surface area contributed by atoms with Crippen LogP contribution in [0.4, 0.5) is 0 Å². The van der Waals surface area contributed by atoms with Crippen molar-refractivity contribution in [1.29, 1.82) is 10.5 Å². The van der Waals surface area contributed by atoms with Gasteiger partial charge < -0.3 is 9.13 Å². The number of fused-ring (bicyclic) bond motifs is 10. The first-order chi connectivity index (χ1) is 24.2. The Labute approximate surface area is 284 Å². The van der Waals surface area contributed by atoms with E-state index in [9.17, 15) is 10.5 Å². The van der Waals surface area contributed by atoms with Gasteiger partial charge in [0.25, 0.3) is 0 Å². The van der Waals surface area contributed by atoms with E-state index in [0.29, 0.717) is 11.1 Å². The zero-order valence-corrected chi connectivity index (χ0v) is 26.7. The molecule has 10 rings (SSSR count). The lowest BCUT2D eigenvalue weighted by molar-refractivity contribution is 1.16. The fraction of sp³-hybridized carbons (Fsp3) is 0. The van der Waals surface area contributed by atoms with Crippen LogP contribution in [0.3, 0.4) is 0 Å². The third-order valence-electron chi connectivity index (χ3n) is 9.62. The monoisotopic (exact) mass is 641 g/mol. The standard InChI is InChI=1S/C43H23N5S/c44-23-26-12-13-37-35(20-26)32-8-1-3-10-36(32)48(37)31-19-27(24-45)18-29(22-31)28-6-5-7-30(21-28)47-38-14-15-41-43(34-9-2-4-11-40(34)49-41)42(38)33-16-17-46-25-39(33)47/h1-22,25H. The van der Waals surface area contributed by atoms with Crippen LogP contribution in [-0.2, 0) is 0 Å². The van der Waals surface area contributed by atoms with Crippen LogP contribution >= 0.6 is 11.3 Å². The first-order valence-corrected chi connectivity index (χ1v) is 16.8. The van der Waals surface area contributed by atoms with E-state index in [0.717, 1.165) is 55.3 Å². The van der Waals surface area contributed by atoms with Crippen LogP contribution in [0.25, 0.3) is 86.3 Å². The predicted molar refractivity (Wildman–Crippen MR) is 201 cm³/mol. The minimum Gasteiger partial charge on any atom is -0.309 e. The Hall–Kier alpha value is -6.73. The highest BCUT2D eigenvalue weighted by Crippen LogP contribution is 2.43. The van der Waals surface area contributed by atoms with Gasteiger partial charge in [0.2, 0.25) is 0 Å². The second-order valence-electron chi connectivity index (χ2n) is 12.3. The van der Waals surface area contributed by atoms with E-state index < -0.39 is 0 Å². The molecule has 4 aromatic heterocycles. The van der Waals surface area contributed by atoms with Gasteiger partial charge in [0.05, 0.1) is 51.5 Å². The van der Waals surface area contributed by atoms with Gasteiger partial charge in [-0.3, -0.25) is 4.98 Å². The van der Waals surface area contributed by atoms with Crippen molar-refractivity contribution in [3.05, 3.63) is 151 Å². The lowest BCUT2D eigenvalue weighted by Gasteiger charge is -2.13. The molecular weight excluding hydrogens is 619 g/mol. The fourth-order valence-corrected chi connectivity index (χ4v) is 8.68. The summed E-state index contributed by atoms with van der Waals surface area (Å²) in [5.74, 6) is 0. The molecular formula is C43H23N5S. The van der Waals surface area contributed by atoms with E-state index in [4.69, 9.17) is 0 Å². The highest BCUT2D eigenvalue weighted by Gasteiger charge is 2.19. The lowest BCUT2D eigenvalue weighted by atomic mass is 10.0. The van der Waals surface area contributed by atoms with Crippen molar-refractivity contribution in [3.8, 4) is 34.6 Å². The summed E-state index contributed by atoms with van der Waals surface area (Å²) in [6.07, 6.45) is 3.83. The summed E-state index contributed by atoms with van der Waals surface area (Å²) < 4.78 is 7.05. The molecule has 0 radical (unpaired) electrons. The van der Waals surface area contributed by atoms with Crippen molar-refractivity contribution in [2.45, 2.75) is 0 Å². The summed E-state index contributed by atoms with van der Waals surface area (Å²) in [5, 5.41) is 26.8. The van der Waals surface area contributed by atoms with E-state index in [2.05, 4.69) is 111 Å². The summed E-state index contributed by atoms with van der Waals surface area (Å²) in [6, 6.07) is 48.5. The quantitative estimate of drug-likeness (QED) is 0.193. The number of pyridine rings is 1. The van der Waals surface area contributed by atoms with E-state index in [1.165, 1.54) is 30.9 Å². The number of para-hydroxylation sites is 1. The molecule has 49 heavy (non-hydrogen) atoms. The average Bonchev–Trinajstić information content (AvgIpc) is 3.82. The molecule has 0 saturated heterocycles. The van der Waals surface area contributed by atoms with E-state index in [1.54, 1.807) is 0 Å². The highest BCUT2D eigenvalue weighted by atomic mass is 32.1. The molecule has 0 amide bonds. The second-order valence-corrected chi connectivity index (χ2v) is 13.4. The van der Waals surface area contributed by atoms with Crippen molar-refractivity contribution >= 4 is 75.1 Å². The maximum Gasteiger partial charge on any atom is 0.0992 e. The van der Waals surface area contributed by atoms with Gasteiger partial charge in [-0.25, -0.2) is 0 Å². The minimum atomic E-state index is 0.574. The van der Waals surface area contributed by atoms with Crippen LogP contribution in [0, 0.1) is 22.7 Å². The van der Waals surface area contributed by atoms with Gasteiger partial charge in [0, 0.05) is 59.3 Å². The number of benzene rings is 6. The maximum atomic E-state index is 10.2. The molecule has 0 aliphatic carbocycles. The van der Waals surface area contributed by atoms with Crippen LogP contribution in [0.2, 0.25) is 0 Å². The summed E-state index contributed by atoms with van der Waals surface area (Å²) in [5.41, 5.74) is 9.24. The third kappa shape index (κ3) is 3.99. The molecule has 10 aromatic rings. The molecule has 0 saturated carbocycles. The predicted octanol–water partition coefficient (Wildman–Crippen LogP) is 11.1. The van der Waals surface area contributed by atoms with Gasteiger partial charge in [-0.1, -0.05) is 48.5 Å². The van der Waals surface area contributed by atoms with Gasteiger partial charge in [-0.05, 0) is 90.0 Å². The van der Waals surface area contributed by atoms with Gasteiger partial charge in [0.1, 0.15) is 0 Å². The number of hydrogen-bond acceptors (Lipinski definition) is 4. The molecule has 0 bridgehead atoms. The molecule has 226 valence electrons. The van der Waals surface area contributed by atoms with Gasteiger partial charge in [-0.15, -0.1) is 11.3 Å². The molecule has 0 aliphatic heterocycles. The number of aromatic nitrogens is 3. The summed E-state index contributed by atoms with van der Waals surface area (Å²) >= 11 is 1.83. The summed E-state index contributed by atoms with van der Waals surface area (Å²) in [7, 11) is 0. The van der Waals surface area contributed by atoms with Crippen LogP contribution in [0.15, 0.2) is 140 Å². The number of nitrogens with zero attached hydrogens (tertiary/aromatic N) is 5. The molecule has 6 aromatic carbocycles. The molecule has 4 heterocycles. The Morgan fingerprint density at radius 1 is 0.490 bits per heavy atom. The molecule has 0 fully saturated rings. The van der Waals surface area contributed by atoms with Gasteiger partial charge >= 0.3 is 0 Å². The first-order valence-electron chi connectivity index (χ1n) is 16.0. The molecule has 0 spiro atoms. The number of hydrogen-bond donors (Lipinski definition) is 0. The van der Waals surface area contributed by atoms with Crippen molar-refractivity contribution in [2.24, 2.45) is 0 Å². The Morgan fingerprint density at radius 3 is 2.16 bits per heavy atom. The largest absolute Gasteiger partial charge is 0.309 e. The Morgan fingerprint density at radius 2 is 1.27 bits per heavy atom. The van der Waals surface area contributed by atoms with Crippen molar-refractivity contribution in [3.63, 3.8) is 0 Å². The zero-order chi connectivity index (χ0) is 32.6. The number of nitriles is 2. The van der Waals surface area contributed by atoms with Crippen molar-refractivity contribution < 1.29 is 0 Å². The fourth-order valence-electron chi connectivity index (χ4n) is 7.56. The van der Waals surface area contributed by atoms with E-state index in [-0.39, 0.29) is 0 Å². The van der Waals surface area contributed by atoms with Gasteiger partial charge in [-0.2, -0.15) is 10.5 Å². The van der Waals surface area contributed by atoms with E-state index in [1.807, 2.05) is 66.2 Å². The van der Waals surface area contributed by atoms with Crippen LogP contribution in [0.1, 0.15) is 11.1 Å². The summed E-state index contributed by atoms with van der Waals surface area (Å²) in [4.78, 5) is 4.55. The molecule has 5 nitrogen and oxygen atoms in total. The third-order valence-corrected chi connectivity index (χ3v) is 10.8. The Bertz CT molecular complexity index is 3090. The van der Waals surface area contributed by atoms with Crippen molar-refractivity contribution in [1.82, 2.24) is 14.1 Å². The first kappa shape index (κ1) is 27.4. The smallest absolute Gasteiger partial charge is 0.0992 e. The Kier molecular flexibility index (Phi) is 5.81. The Balaban J connectivity index is 1.20. The topological polar surface area (TPSA) is 70.3 Å². The lowest BCUT2D eigenvalue weighted by Crippen LogP contribution is -1.97. The molecule has 0 unspecified atom stereocenters. The van der Waals surface area contributed by atoms with Crippen LogP contribution < -0.4 is 0 Å². The average molecular weight is 642 g/mol. The maximum absolute atomic E-state index is 10.2. The van der Waals surface area contributed by atoms with Crippen LogP contribution in [-0.4, -0.2) is 14.1 Å². The molecule has 0 atom stereocenters. The summed E-state index contributed by atoms with van der Waals surface area (Å²) in [6.45, 7) is 0. The van der Waals surface area contributed by atoms with E-state index >= 15 is 0 Å². The zero-order valence-electron chi connectivity index (χ0n) is 25.9. The number of rotatable bonds is 3. The second kappa shape index (κ2) is 10.4. The normalized spacial score (nSPS) is 11.6. The van der Waals surface area contributed by atoms with Gasteiger partial charge in [0.15, 0.2) is 0 Å². The molecule has 0 aliphatic rings. The minimum absolute atomic E-state index is 0.574. The molecule has 0 N–H and O–H groups in total.